The van der Waals surface area contributed by atoms with Crippen LogP contribution in [0.1, 0.15) is 92.4 Å². The summed E-state index contributed by atoms with van der Waals surface area (Å²) >= 11 is 2.10. The second-order valence-electron chi connectivity index (χ2n) is 6.94. The molecule has 1 atom stereocenters. The van der Waals surface area contributed by atoms with Crippen LogP contribution in [0.15, 0.2) is 0 Å². The zero-order valence-electron chi connectivity index (χ0n) is 14.8. The topological polar surface area (TPSA) is 12.0 Å². The molecule has 0 saturated heterocycles. The van der Waals surface area contributed by atoms with E-state index in [1.165, 1.54) is 63.5 Å². The minimum atomic E-state index is 0.396. The third-order valence-electron chi connectivity index (χ3n) is 3.62. The van der Waals surface area contributed by atoms with Crippen molar-refractivity contribution in [2.45, 2.75) is 103 Å². The van der Waals surface area contributed by atoms with Crippen LogP contribution in [0.3, 0.4) is 0 Å². The second-order valence-corrected chi connectivity index (χ2v) is 8.79. The number of hydrogen-bond donors (Lipinski definition) is 1. The molecule has 0 amide bonds. The van der Waals surface area contributed by atoms with Crippen molar-refractivity contribution in [3.63, 3.8) is 0 Å². The molecular weight excluding hydrogens is 262 g/mol. The minimum absolute atomic E-state index is 0.396. The molecule has 2 heteroatoms. The van der Waals surface area contributed by atoms with Crippen LogP contribution in [0.4, 0.5) is 0 Å². The average Bonchev–Trinajstić information content (AvgIpc) is 2.38. The zero-order chi connectivity index (χ0) is 15.3. The third kappa shape index (κ3) is 14.7. The van der Waals surface area contributed by atoms with E-state index in [-0.39, 0.29) is 0 Å². The van der Waals surface area contributed by atoms with Crippen LogP contribution in [0.2, 0.25) is 0 Å². The van der Waals surface area contributed by atoms with E-state index in [0.717, 1.165) is 6.54 Å². The molecule has 1 N–H and O–H groups in total. The summed E-state index contributed by atoms with van der Waals surface area (Å²) in [7, 11) is 0. The van der Waals surface area contributed by atoms with Gasteiger partial charge >= 0.3 is 0 Å². The van der Waals surface area contributed by atoms with E-state index < -0.39 is 0 Å². The van der Waals surface area contributed by atoms with Crippen LogP contribution >= 0.6 is 11.8 Å². The lowest BCUT2D eigenvalue weighted by atomic mass is 10.1. The van der Waals surface area contributed by atoms with E-state index in [9.17, 15) is 0 Å². The first kappa shape index (κ1) is 20.3. The first-order valence-corrected chi connectivity index (χ1v) is 9.85. The summed E-state index contributed by atoms with van der Waals surface area (Å²) in [6.07, 6.45) is 12.7. The molecule has 0 aromatic carbocycles. The lowest BCUT2D eigenvalue weighted by Gasteiger charge is -2.23. The zero-order valence-corrected chi connectivity index (χ0v) is 15.6. The number of thioether (sulfide) groups is 1. The molecule has 0 aliphatic carbocycles. The summed E-state index contributed by atoms with van der Waals surface area (Å²) in [5, 5.41) is 3.65. The standard InChI is InChI=1S/C18H39NS/c1-6-8-9-10-11-12-13-14-15-17(19-7-2)16-20-18(3,4)5/h17,19H,6-16H2,1-5H3. The molecule has 0 aliphatic rings. The first-order chi connectivity index (χ1) is 9.49. The SMILES string of the molecule is CCCCCCCCCCC(CSC(C)(C)C)NCC. The van der Waals surface area contributed by atoms with Crippen LogP contribution in [0.25, 0.3) is 0 Å². The van der Waals surface area contributed by atoms with Crippen LogP contribution in [0.5, 0.6) is 0 Å². The van der Waals surface area contributed by atoms with Gasteiger partial charge in [-0.3, -0.25) is 0 Å². The van der Waals surface area contributed by atoms with Crippen LogP contribution in [-0.4, -0.2) is 23.1 Å². The highest BCUT2D eigenvalue weighted by atomic mass is 32.2. The lowest BCUT2D eigenvalue weighted by Crippen LogP contribution is -2.32. The second kappa shape index (κ2) is 13.0. The molecule has 0 aromatic rings. The van der Waals surface area contributed by atoms with Gasteiger partial charge in [0.2, 0.25) is 0 Å². The molecule has 0 aromatic heterocycles. The smallest absolute Gasteiger partial charge is 0.0158 e. The van der Waals surface area contributed by atoms with E-state index >= 15 is 0 Å². The Labute approximate surface area is 133 Å². The Morgan fingerprint density at radius 3 is 1.90 bits per heavy atom. The summed E-state index contributed by atoms with van der Waals surface area (Å²) in [6.45, 7) is 12.6. The fraction of sp³-hybridized carbons (Fsp3) is 1.00. The Bertz CT molecular complexity index is 198. The number of unbranched alkanes of at least 4 members (excludes halogenated alkanes) is 7. The van der Waals surface area contributed by atoms with Crippen molar-refractivity contribution < 1.29 is 0 Å². The van der Waals surface area contributed by atoms with Crippen LogP contribution in [0, 0.1) is 0 Å². The van der Waals surface area contributed by atoms with Crippen molar-refractivity contribution in [1.82, 2.24) is 5.32 Å². The molecule has 0 fully saturated rings. The summed E-state index contributed by atoms with van der Waals surface area (Å²) in [5.41, 5.74) is 0. The quantitative estimate of drug-likeness (QED) is 0.417. The van der Waals surface area contributed by atoms with Crippen molar-refractivity contribution in [1.29, 1.82) is 0 Å². The number of hydrogen-bond acceptors (Lipinski definition) is 2. The fourth-order valence-corrected chi connectivity index (χ4v) is 3.39. The van der Waals surface area contributed by atoms with Crippen molar-refractivity contribution >= 4 is 11.8 Å². The third-order valence-corrected chi connectivity index (χ3v) is 5.05. The monoisotopic (exact) mass is 301 g/mol. The molecular formula is C18H39NS. The van der Waals surface area contributed by atoms with Gasteiger partial charge < -0.3 is 5.32 Å². The number of rotatable bonds is 13. The molecule has 0 saturated carbocycles. The lowest BCUT2D eigenvalue weighted by molar-refractivity contribution is 0.490. The average molecular weight is 302 g/mol. The highest BCUT2D eigenvalue weighted by Crippen LogP contribution is 2.25. The van der Waals surface area contributed by atoms with Gasteiger partial charge in [0.15, 0.2) is 0 Å². The van der Waals surface area contributed by atoms with Gasteiger partial charge in [0.1, 0.15) is 0 Å². The molecule has 20 heavy (non-hydrogen) atoms. The Balaban J connectivity index is 3.55. The molecule has 0 heterocycles. The Kier molecular flexibility index (Phi) is 13.2. The van der Waals surface area contributed by atoms with E-state index in [4.69, 9.17) is 0 Å². The molecule has 0 rings (SSSR count). The Hall–Kier alpha value is 0.310. The van der Waals surface area contributed by atoms with Gasteiger partial charge in [0.25, 0.3) is 0 Å². The Morgan fingerprint density at radius 2 is 1.40 bits per heavy atom. The van der Waals surface area contributed by atoms with Crippen molar-refractivity contribution in [2.75, 3.05) is 12.3 Å². The maximum atomic E-state index is 3.65. The van der Waals surface area contributed by atoms with Gasteiger partial charge in [0, 0.05) is 16.5 Å². The van der Waals surface area contributed by atoms with Gasteiger partial charge in [-0.1, -0.05) is 86.0 Å². The highest BCUT2D eigenvalue weighted by Gasteiger charge is 2.14. The molecule has 1 unspecified atom stereocenters. The molecule has 1 nitrogen and oxygen atoms in total. The van der Waals surface area contributed by atoms with Gasteiger partial charge in [-0.2, -0.15) is 11.8 Å². The fourth-order valence-electron chi connectivity index (χ4n) is 2.41. The molecule has 122 valence electrons. The number of nitrogens with one attached hydrogen (secondary N) is 1. The molecule has 0 radical (unpaired) electrons. The normalized spacial score (nSPS) is 13.7. The van der Waals surface area contributed by atoms with E-state index in [0.29, 0.717) is 10.8 Å². The summed E-state index contributed by atoms with van der Waals surface area (Å²) in [5.74, 6) is 1.26. The van der Waals surface area contributed by atoms with Crippen molar-refractivity contribution in [2.24, 2.45) is 0 Å². The predicted octanol–water partition coefficient (Wildman–Crippen LogP) is 6.03. The van der Waals surface area contributed by atoms with Gasteiger partial charge in [-0.05, 0) is 13.0 Å². The Morgan fingerprint density at radius 1 is 0.850 bits per heavy atom. The highest BCUT2D eigenvalue weighted by molar-refractivity contribution is 8.00. The van der Waals surface area contributed by atoms with Crippen molar-refractivity contribution in [3.8, 4) is 0 Å². The van der Waals surface area contributed by atoms with Gasteiger partial charge in [-0.15, -0.1) is 0 Å². The maximum Gasteiger partial charge on any atom is 0.0158 e. The van der Waals surface area contributed by atoms with Crippen LogP contribution < -0.4 is 5.32 Å². The maximum absolute atomic E-state index is 3.65. The minimum Gasteiger partial charge on any atom is -0.313 e. The molecule has 0 aliphatic heterocycles. The van der Waals surface area contributed by atoms with Gasteiger partial charge in [0.05, 0.1) is 0 Å². The van der Waals surface area contributed by atoms with E-state index in [2.05, 4.69) is 51.7 Å². The summed E-state index contributed by atoms with van der Waals surface area (Å²) < 4.78 is 0.396. The molecule has 0 spiro atoms. The summed E-state index contributed by atoms with van der Waals surface area (Å²) in [6, 6.07) is 0.712. The van der Waals surface area contributed by atoms with Crippen molar-refractivity contribution in [3.05, 3.63) is 0 Å². The predicted molar refractivity (Wildman–Crippen MR) is 96.9 cm³/mol. The summed E-state index contributed by atoms with van der Waals surface area (Å²) in [4.78, 5) is 0. The van der Waals surface area contributed by atoms with E-state index in [1.54, 1.807) is 0 Å². The van der Waals surface area contributed by atoms with Gasteiger partial charge in [-0.25, -0.2) is 0 Å². The van der Waals surface area contributed by atoms with E-state index in [1.807, 2.05) is 0 Å². The van der Waals surface area contributed by atoms with Crippen LogP contribution in [-0.2, 0) is 0 Å². The molecule has 0 bridgehead atoms. The largest absolute Gasteiger partial charge is 0.313 e. The first-order valence-electron chi connectivity index (χ1n) is 8.87.